The minimum absolute atomic E-state index is 0. The third kappa shape index (κ3) is 5.91. The number of phenolic OH excluding ortho intramolecular Hbond substituents is 1. The van der Waals surface area contributed by atoms with Crippen molar-refractivity contribution >= 4 is 23.3 Å². The van der Waals surface area contributed by atoms with E-state index in [1.165, 1.54) is 12.1 Å². The molecule has 4 nitrogen and oxygen atoms in total. The zero-order valence-electron chi connectivity index (χ0n) is 13.1. The summed E-state index contributed by atoms with van der Waals surface area (Å²) < 4.78 is 13.5. The number of carbonyl (C=O) groups is 1. The van der Waals surface area contributed by atoms with Crippen LogP contribution >= 0.6 is 11.6 Å². The maximum atomic E-state index is 13.5. The first kappa shape index (κ1) is 20.6. The van der Waals surface area contributed by atoms with Gasteiger partial charge >= 0.3 is 29.6 Å². The van der Waals surface area contributed by atoms with Gasteiger partial charge < -0.3 is 15.0 Å². The second-order valence-electron chi connectivity index (χ2n) is 4.87. The molecule has 7 heteroatoms. The standard InChI is InChI=1S/C17H15ClFNO3.Na/c18-12-5-3-11(4-6-12)17(20-9-1-2-16(22)23)14-10-13(19)7-8-15(14)21;/h3-8,10,21H,1-2,9H2,(H,22,23);/q;+1/p-1. The molecule has 1 N–H and O–H groups in total. The predicted molar refractivity (Wildman–Crippen MR) is 84.3 cm³/mol. The van der Waals surface area contributed by atoms with Crippen LogP contribution < -0.4 is 34.7 Å². The number of hydrogen-bond acceptors (Lipinski definition) is 4. The average Bonchev–Trinajstić information content (AvgIpc) is 2.51. The molecule has 2 aromatic rings. The van der Waals surface area contributed by atoms with Crippen LogP contribution in [0, 0.1) is 5.82 Å². The number of carbonyl (C=O) groups excluding carboxylic acids is 1. The number of hydrogen-bond donors (Lipinski definition) is 1. The van der Waals surface area contributed by atoms with Crippen LogP contribution in [-0.4, -0.2) is 23.3 Å². The second-order valence-corrected chi connectivity index (χ2v) is 5.31. The summed E-state index contributed by atoms with van der Waals surface area (Å²) in [4.78, 5) is 14.8. The molecule has 0 amide bonds. The number of rotatable bonds is 6. The number of aromatic hydroxyl groups is 1. The Balaban J connectivity index is 0.00000288. The predicted octanol–water partition coefficient (Wildman–Crippen LogP) is -0.444. The number of nitrogens with zero attached hydrogens (tertiary/aromatic N) is 1. The largest absolute Gasteiger partial charge is 1.00 e. The Morgan fingerprint density at radius 1 is 1.21 bits per heavy atom. The maximum absolute atomic E-state index is 13.5. The number of benzene rings is 2. The van der Waals surface area contributed by atoms with Gasteiger partial charge in [-0.05, 0) is 43.2 Å². The topological polar surface area (TPSA) is 72.7 Å². The number of aliphatic imine (C=N–C) groups is 1. The van der Waals surface area contributed by atoms with E-state index >= 15 is 0 Å². The number of carboxylic acids is 1. The molecule has 0 unspecified atom stereocenters. The zero-order valence-corrected chi connectivity index (χ0v) is 15.9. The van der Waals surface area contributed by atoms with Gasteiger partial charge in [0.2, 0.25) is 0 Å². The van der Waals surface area contributed by atoms with E-state index in [0.29, 0.717) is 16.3 Å². The molecular formula is C17H14ClFNNaO3. The fraction of sp³-hybridized carbons (Fsp3) is 0.176. The Morgan fingerprint density at radius 2 is 1.88 bits per heavy atom. The first-order valence-electron chi connectivity index (χ1n) is 6.96. The van der Waals surface area contributed by atoms with Crippen molar-refractivity contribution in [1.82, 2.24) is 0 Å². The third-order valence-corrected chi connectivity index (χ3v) is 3.39. The zero-order chi connectivity index (χ0) is 16.8. The van der Waals surface area contributed by atoms with Gasteiger partial charge in [-0.3, -0.25) is 4.99 Å². The normalized spacial score (nSPS) is 11.0. The summed E-state index contributed by atoms with van der Waals surface area (Å²) in [6, 6.07) is 10.3. The number of phenols is 1. The number of aliphatic carboxylic acids is 1. The molecule has 0 aliphatic carbocycles. The fourth-order valence-corrected chi connectivity index (χ4v) is 2.18. The number of halogens is 2. The van der Waals surface area contributed by atoms with E-state index in [2.05, 4.69) is 4.99 Å². The van der Waals surface area contributed by atoms with Crippen molar-refractivity contribution in [3.05, 3.63) is 64.4 Å². The summed E-state index contributed by atoms with van der Waals surface area (Å²) in [6.07, 6.45) is 0.169. The first-order valence-corrected chi connectivity index (χ1v) is 7.34. The van der Waals surface area contributed by atoms with Crippen LogP contribution in [-0.2, 0) is 4.79 Å². The first-order chi connectivity index (χ1) is 11.0. The molecule has 2 aromatic carbocycles. The van der Waals surface area contributed by atoms with Crippen molar-refractivity contribution in [2.75, 3.05) is 6.54 Å². The summed E-state index contributed by atoms with van der Waals surface area (Å²) in [5, 5.41) is 21.0. The fourth-order valence-electron chi connectivity index (χ4n) is 2.05. The molecule has 0 saturated heterocycles. The Bertz CT molecular complexity index is 735. The minimum atomic E-state index is -1.15. The van der Waals surface area contributed by atoms with Crippen LogP contribution in [0.1, 0.15) is 24.0 Å². The Morgan fingerprint density at radius 3 is 2.50 bits per heavy atom. The molecular weight excluding hydrogens is 344 g/mol. The monoisotopic (exact) mass is 357 g/mol. The van der Waals surface area contributed by atoms with Gasteiger partial charge in [0.05, 0.1) is 5.71 Å². The van der Waals surface area contributed by atoms with Crippen LogP contribution in [0.4, 0.5) is 4.39 Å². The number of carboxylic acid groups (broad SMARTS) is 1. The summed E-state index contributed by atoms with van der Waals surface area (Å²) in [7, 11) is 0. The molecule has 0 saturated carbocycles. The van der Waals surface area contributed by atoms with Gasteiger partial charge in [-0.2, -0.15) is 0 Å². The van der Waals surface area contributed by atoms with E-state index in [4.69, 9.17) is 11.6 Å². The molecule has 0 atom stereocenters. The Hall–Kier alpha value is -1.40. The summed E-state index contributed by atoms with van der Waals surface area (Å²) >= 11 is 5.86. The second kappa shape index (κ2) is 9.79. The van der Waals surface area contributed by atoms with Gasteiger partial charge in [0.1, 0.15) is 11.6 Å². The Kier molecular flexibility index (Phi) is 8.42. The van der Waals surface area contributed by atoms with Crippen LogP contribution in [0.2, 0.25) is 5.02 Å². The summed E-state index contributed by atoms with van der Waals surface area (Å²) in [5.74, 6) is -1.77. The molecule has 0 heterocycles. The molecule has 0 fully saturated rings. The van der Waals surface area contributed by atoms with Crippen molar-refractivity contribution in [1.29, 1.82) is 0 Å². The average molecular weight is 358 g/mol. The molecule has 24 heavy (non-hydrogen) atoms. The molecule has 0 spiro atoms. The Labute approximate surface area is 166 Å². The van der Waals surface area contributed by atoms with Gasteiger partial charge in [0.25, 0.3) is 0 Å². The summed E-state index contributed by atoms with van der Waals surface area (Å²) in [5.41, 5.74) is 1.25. The molecule has 0 aromatic heterocycles. The van der Waals surface area contributed by atoms with Gasteiger partial charge in [0.15, 0.2) is 0 Å². The maximum Gasteiger partial charge on any atom is 1.00 e. The van der Waals surface area contributed by atoms with Gasteiger partial charge in [-0.1, -0.05) is 23.7 Å². The van der Waals surface area contributed by atoms with Gasteiger partial charge in [-0.25, -0.2) is 4.39 Å². The SMILES string of the molecule is O=C([O-])CCCN=C(c1ccc(Cl)cc1)c1cc(F)ccc1O.[Na+]. The van der Waals surface area contributed by atoms with Crippen molar-refractivity contribution in [3.63, 3.8) is 0 Å². The van der Waals surface area contributed by atoms with E-state index < -0.39 is 11.8 Å². The summed E-state index contributed by atoms with van der Waals surface area (Å²) in [6.45, 7) is 0.210. The molecule has 120 valence electrons. The van der Waals surface area contributed by atoms with E-state index in [-0.39, 0.29) is 60.3 Å². The molecule has 0 bridgehead atoms. The van der Waals surface area contributed by atoms with E-state index in [1.807, 2.05) is 0 Å². The van der Waals surface area contributed by atoms with Crippen LogP contribution in [0.5, 0.6) is 5.75 Å². The quantitative estimate of drug-likeness (QED) is 0.433. The molecule has 0 radical (unpaired) electrons. The van der Waals surface area contributed by atoms with Gasteiger partial charge in [-0.15, -0.1) is 0 Å². The van der Waals surface area contributed by atoms with Gasteiger partial charge in [0, 0.05) is 28.7 Å². The smallest absolute Gasteiger partial charge is 0.550 e. The van der Waals surface area contributed by atoms with Crippen LogP contribution in [0.3, 0.4) is 0 Å². The van der Waals surface area contributed by atoms with Crippen LogP contribution in [0.15, 0.2) is 47.5 Å². The van der Waals surface area contributed by atoms with Crippen molar-refractivity contribution in [2.24, 2.45) is 4.99 Å². The molecule has 2 rings (SSSR count). The van der Waals surface area contributed by atoms with Crippen molar-refractivity contribution in [3.8, 4) is 5.75 Å². The van der Waals surface area contributed by atoms with E-state index in [1.54, 1.807) is 24.3 Å². The minimum Gasteiger partial charge on any atom is -0.550 e. The van der Waals surface area contributed by atoms with Crippen molar-refractivity contribution < 1.29 is 49.0 Å². The molecule has 0 aliphatic heterocycles. The van der Waals surface area contributed by atoms with Crippen molar-refractivity contribution in [2.45, 2.75) is 12.8 Å². The third-order valence-electron chi connectivity index (χ3n) is 3.14. The molecule has 0 aliphatic rings. The van der Waals surface area contributed by atoms with E-state index in [0.717, 1.165) is 6.07 Å². The van der Waals surface area contributed by atoms with E-state index in [9.17, 15) is 19.4 Å². The van der Waals surface area contributed by atoms with Crippen LogP contribution in [0.25, 0.3) is 0 Å².